The molecule has 152 valence electrons. The molecule has 0 amide bonds. The van der Waals surface area contributed by atoms with E-state index in [1.54, 1.807) is 6.08 Å². The first-order valence-electron chi connectivity index (χ1n) is 10.5. The van der Waals surface area contributed by atoms with Gasteiger partial charge in [0.1, 0.15) is 0 Å². The molecule has 0 bridgehead atoms. The predicted molar refractivity (Wildman–Crippen MR) is 115 cm³/mol. The number of hydrogen-bond donors (Lipinski definition) is 1. The fourth-order valence-electron chi connectivity index (χ4n) is 3.47. The lowest BCUT2D eigenvalue weighted by Gasteiger charge is -2.03. The molecule has 0 fully saturated rings. The first-order chi connectivity index (χ1) is 13.7. The number of nitrogens with one attached hydrogen (secondary N) is 1. The standard InChI is InChI=1S/C24H33NO3/c1-3-4-7-12-19(26)17-18-23-21(20-14-10-11-15-22(20)25-23)13-8-5-6-9-16-24(27)28-2/h10-11,14-15,17-18,25H,3-9,12-13,16H2,1-2H3/b18-17+. The zero-order valence-electron chi connectivity index (χ0n) is 17.3. The Bertz CT molecular complexity index is 788. The van der Waals surface area contributed by atoms with Crippen molar-refractivity contribution in [3.05, 3.63) is 41.6 Å². The van der Waals surface area contributed by atoms with Crippen molar-refractivity contribution in [1.29, 1.82) is 0 Å². The van der Waals surface area contributed by atoms with Gasteiger partial charge in [0.05, 0.1) is 7.11 Å². The van der Waals surface area contributed by atoms with Crippen LogP contribution in [-0.4, -0.2) is 23.8 Å². The molecule has 1 N–H and O–H groups in total. The smallest absolute Gasteiger partial charge is 0.305 e. The normalized spacial score (nSPS) is 11.4. The number of esters is 1. The van der Waals surface area contributed by atoms with Crippen LogP contribution in [0.25, 0.3) is 17.0 Å². The quantitative estimate of drug-likeness (QED) is 0.262. The number of benzene rings is 1. The van der Waals surface area contributed by atoms with Crippen LogP contribution < -0.4 is 0 Å². The van der Waals surface area contributed by atoms with Gasteiger partial charge in [-0.3, -0.25) is 9.59 Å². The van der Waals surface area contributed by atoms with E-state index in [1.807, 2.05) is 12.1 Å². The molecule has 2 rings (SSSR count). The third-order valence-corrected chi connectivity index (χ3v) is 5.09. The fourth-order valence-corrected chi connectivity index (χ4v) is 3.47. The highest BCUT2D eigenvalue weighted by Gasteiger charge is 2.09. The number of fused-ring (bicyclic) bond motifs is 1. The van der Waals surface area contributed by atoms with Crippen LogP contribution in [0.1, 0.15) is 76.0 Å². The van der Waals surface area contributed by atoms with Crippen molar-refractivity contribution >= 4 is 28.7 Å². The lowest BCUT2D eigenvalue weighted by molar-refractivity contribution is -0.140. The number of allylic oxidation sites excluding steroid dienone is 1. The molecule has 0 saturated carbocycles. The first kappa shape index (κ1) is 21.9. The Labute approximate surface area is 168 Å². The number of rotatable bonds is 13. The van der Waals surface area contributed by atoms with Gasteiger partial charge in [-0.2, -0.15) is 0 Å². The van der Waals surface area contributed by atoms with Gasteiger partial charge in [-0.15, -0.1) is 0 Å². The van der Waals surface area contributed by atoms with Gasteiger partial charge < -0.3 is 9.72 Å². The van der Waals surface area contributed by atoms with Gasteiger partial charge in [0.2, 0.25) is 0 Å². The second-order valence-electron chi connectivity index (χ2n) is 7.31. The molecule has 0 atom stereocenters. The fraction of sp³-hybridized carbons (Fsp3) is 0.500. The molecule has 1 heterocycles. The maximum atomic E-state index is 12.1. The average Bonchev–Trinajstić information content (AvgIpc) is 3.06. The number of unbranched alkanes of at least 4 members (excludes halogenated alkanes) is 5. The van der Waals surface area contributed by atoms with Crippen molar-refractivity contribution in [2.45, 2.75) is 71.1 Å². The first-order valence-corrected chi connectivity index (χ1v) is 10.5. The molecule has 1 aromatic carbocycles. The summed E-state index contributed by atoms with van der Waals surface area (Å²) in [6, 6.07) is 8.30. The molecule has 28 heavy (non-hydrogen) atoms. The van der Waals surface area contributed by atoms with Crippen LogP contribution in [0.2, 0.25) is 0 Å². The number of H-pyrrole nitrogens is 1. The summed E-state index contributed by atoms with van der Waals surface area (Å²) >= 11 is 0. The van der Waals surface area contributed by atoms with Gasteiger partial charge >= 0.3 is 5.97 Å². The molecule has 0 radical (unpaired) electrons. The predicted octanol–water partition coefficient (Wildman–Crippen LogP) is 6.00. The van der Waals surface area contributed by atoms with E-state index < -0.39 is 0 Å². The summed E-state index contributed by atoms with van der Waals surface area (Å²) in [5.74, 6) is 0.0634. The number of methoxy groups -OCH3 is 1. The van der Waals surface area contributed by atoms with Crippen molar-refractivity contribution in [1.82, 2.24) is 4.98 Å². The Kier molecular flexibility index (Phi) is 9.53. The molecule has 2 aromatic rings. The van der Waals surface area contributed by atoms with Gasteiger partial charge in [0.15, 0.2) is 5.78 Å². The van der Waals surface area contributed by atoms with Gasteiger partial charge in [-0.1, -0.05) is 50.8 Å². The van der Waals surface area contributed by atoms with Crippen molar-refractivity contribution in [3.8, 4) is 0 Å². The monoisotopic (exact) mass is 383 g/mol. The summed E-state index contributed by atoms with van der Waals surface area (Å²) in [7, 11) is 1.43. The molecule has 0 spiro atoms. The third-order valence-electron chi connectivity index (χ3n) is 5.09. The topological polar surface area (TPSA) is 59.2 Å². The van der Waals surface area contributed by atoms with Crippen molar-refractivity contribution in [2.75, 3.05) is 7.11 Å². The number of aromatic nitrogens is 1. The molecule has 4 nitrogen and oxygen atoms in total. The minimum atomic E-state index is -0.132. The number of para-hydroxylation sites is 1. The van der Waals surface area contributed by atoms with E-state index in [0.29, 0.717) is 12.8 Å². The highest BCUT2D eigenvalue weighted by atomic mass is 16.5. The highest BCUT2D eigenvalue weighted by molar-refractivity contribution is 5.95. The Morgan fingerprint density at radius 3 is 2.54 bits per heavy atom. The summed E-state index contributed by atoms with van der Waals surface area (Å²) in [6.07, 6.45) is 13.0. The molecule has 4 heteroatoms. The number of ether oxygens (including phenoxy) is 1. The minimum Gasteiger partial charge on any atom is -0.469 e. The van der Waals surface area contributed by atoms with E-state index in [2.05, 4.69) is 34.8 Å². The largest absolute Gasteiger partial charge is 0.469 e. The Hall–Kier alpha value is -2.36. The second kappa shape index (κ2) is 12.2. The van der Waals surface area contributed by atoms with E-state index in [1.165, 1.54) is 18.1 Å². The lowest BCUT2D eigenvalue weighted by Crippen LogP contribution is -1.99. The van der Waals surface area contributed by atoms with Crippen LogP contribution in [0.15, 0.2) is 30.3 Å². The average molecular weight is 384 g/mol. The van der Waals surface area contributed by atoms with Crippen LogP contribution in [0.5, 0.6) is 0 Å². The van der Waals surface area contributed by atoms with Crippen molar-refractivity contribution < 1.29 is 14.3 Å². The summed E-state index contributed by atoms with van der Waals surface area (Å²) in [6.45, 7) is 2.15. The van der Waals surface area contributed by atoms with Gasteiger partial charge in [0, 0.05) is 29.4 Å². The molecule has 1 aromatic heterocycles. The zero-order valence-corrected chi connectivity index (χ0v) is 17.3. The van der Waals surface area contributed by atoms with Crippen molar-refractivity contribution in [3.63, 3.8) is 0 Å². The lowest BCUT2D eigenvalue weighted by atomic mass is 10.0. The number of aromatic amines is 1. The Morgan fingerprint density at radius 2 is 1.75 bits per heavy atom. The van der Waals surface area contributed by atoms with E-state index in [-0.39, 0.29) is 11.8 Å². The SMILES string of the molecule is CCCCCC(=O)/C=C/c1[nH]c2ccccc2c1CCCCCCC(=O)OC. The van der Waals surface area contributed by atoms with Gasteiger partial charge in [-0.05, 0) is 49.5 Å². The number of ketones is 1. The molecule has 0 unspecified atom stereocenters. The molecule has 0 saturated heterocycles. The molecular weight excluding hydrogens is 350 g/mol. The third kappa shape index (κ3) is 6.99. The van der Waals surface area contributed by atoms with Crippen LogP contribution >= 0.6 is 0 Å². The highest BCUT2D eigenvalue weighted by Crippen LogP contribution is 2.25. The maximum Gasteiger partial charge on any atom is 0.305 e. The molecule has 0 aliphatic heterocycles. The summed E-state index contributed by atoms with van der Waals surface area (Å²) < 4.78 is 4.68. The summed E-state index contributed by atoms with van der Waals surface area (Å²) in [5, 5.41) is 1.23. The van der Waals surface area contributed by atoms with Crippen LogP contribution in [-0.2, 0) is 20.7 Å². The summed E-state index contributed by atoms with van der Waals surface area (Å²) in [5.41, 5.74) is 3.43. The van der Waals surface area contributed by atoms with E-state index in [9.17, 15) is 9.59 Å². The molecule has 0 aliphatic rings. The minimum absolute atomic E-state index is 0.132. The van der Waals surface area contributed by atoms with Gasteiger partial charge in [0.25, 0.3) is 0 Å². The van der Waals surface area contributed by atoms with Crippen LogP contribution in [0.3, 0.4) is 0 Å². The molecular formula is C24H33NO3. The number of hydrogen-bond acceptors (Lipinski definition) is 3. The Balaban J connectivity index is 1.96. The zero-order chi connectivity index (χ0) is 20.2. The number of aryl methyl sites for hydroxylation is 1. The molecule has 0 aliphatic carbocycles. The summed E-state index contributed by atoms with van der Waals surface area (Å²) in [4.78, 5) is 26.7. The maximum absolute atomic E-state index is 12.1. The Morgan fingerprint density at radius 1 is 1.00 bits per heavy atom. The number of carbonyl (C=O) groups excluding carboxylic acids is 2. The van der Waals surface area contributed by atoms with E-state index in [4.69, 9.17) is 0 Å². The van der Waals surface area contributed by atoms with Gasteiger partial charge in [-0.25, -0.2) is 0 Å². The van der Waals surface area contributed by atoms with Crippen molar-refractivity contribution in [2.24, 2.45) is 0 Å². The second-order valence-corrected chi connectivity index (χ2v) is 7.31. The number of carbonyl (C=O) groups is 2. The van der Waals surface area contributed by atoms with E-state index >= 15 is 0 Å². The van der Waals surface area contributed by atoms with Crippen LogP contribution in [0.4, 0.5) is 0 Å². The van der Waals surface area contributed by atoms with E-state index in [0.717, 1.165) is 62.6 Å². The van der Waals surface area contributed by atoms with Crippen LogP contribution in [0, 0.1) is 0 Å².